The predicted octanol–water partition coefficient (Wildman–Crippen LogP) is 3.82. The first kappa shape index (κ1) is 20.6. The van der Waals surface area contributed by atoms with Crippen LogP contribution >= 0.6 is 11.8 Å². The smallest absolute Gasteiger partial charge is 0.278 e. The monoisotopic (exact) mass is 409 g/mol. The standard InChI is InChI=1S/C21H23N5O2S/c1-13-7-5-10-18(14(13)2)23-21(28)20-15(3)26(25-24-20)12-19(27)22-16-8-6-9-17(11-16)29-4/h5-11H,12H2,1-4H3,(H,22,27)(H,23,28). The Labute approximate surface area is 173 Å². The normalized spacial score (nSPS) is 10.6. The molecule has 0 bridgehead atoms. The summed E-state index contributed by atoms with van der Waals surface area (Å²) in [6.07, 6.45) is 1.98. The quantitative estimate of drug-likeness (QED) is 0.604. The lowest BCUT2D eigenvalue weighted by Gasteiger charge is -2.10. The van der Waals surface area contributed by atoms with Crippen molar-refractivity contribution in [3.8, 4) is 0 Å². The molecule has 0 saturated heterocycles. The van der Waals surface area contributed by atoms with Gasteiger partial charge in [-0.2, -0.15) is 0 Å². The zero-order valence-corrected chi connectivity index (χ0v) is 17.6. The van der Waals surface area contributed by atoms with Gasteiger partial charge in [0.2, 0.25) is 5.91 Å². The van der Waals surface area contributed by atoms with E-state index in [2.05, 4.69) is 20.9 Å². The SMILES string of the molecule is CSc1cccc(NC(=O)Cn2nnc(C(=O)Nc3cccc(C)c3C)c2C)c1. The van der Waals surface area contributed by atoms with Gasteiger partial charge in [0.1, 0.15) is 6.54 Å². The highest BCUT2D eigenvalue weighted by Gasteiger charge is 2.19. The number of carbonyl (C=O) groups is 2. The van der Waals surface area contributed by atoms with Gasteiger partial charge in [0, 0.05) is 16.3 Å². The Kier molecular flexibility index (Phi) is 6.33. The Bertz CT molecular complexity index is 1060. The zero-order chi connectivity index (χ0) is 21.0. The van der Waals surface area contributed by atoms with Gasteiger partial charge in [0.15, 0.2) is 5.69 Å². The van der Waals surface area contributed by atoms with Gasteiger partial charge < -0.3 is 10.6 Å². The molecule has 7 nitrogen and oxygen atoms in total. The van der Waals surface area contributed by atoms with Crippen molar-refractivity contribution in [3.63, 3.8) is 0 Å². The fourth-order valence-corrected chi connectivity index (χ4v) is 3.29. The van der Waals surface area contributed by atoms with E-state index in [0.29, 0.717) is 11.4 Å². The van der Waals surface area contributed by atoms with Crippen LogP contribution in [0.25, 0.3) is 0 Å². The molecule has 2 aromatic carbocycles. The summed E-state index contributed by atoms with van der Waals surface area (Å²) >= 11 is 1.60. The molecule has 150 valence electrons. The molecular weight excluding hydrogens is 386 g/mol. The van der Waals surface area contributed by atoms with Crippen molar-refractivity contribution in [3.05, 3.63) is 65.0 Å². The zero-order valence-electron chi connectivity index (χ0n) is 16.8. The van der Waals surface area contributed by atoms with Crippen LogP contribution in [-0.4, -0.2) is 33.1 Å². The second kappa shape index (κ2) is 8.91. The molecule has 3 rings (SSSR count). The lowest BCUT2D eigenvalue weighted by atomic mass is 10.1. The van der Waals surface area contributed by atoms with Crippen molar-refractivity contribution in [2.24, 2.45) is 0 Å². The van der Waals surface area contributed by atoms with Gasteiger partial charge in [-0.25, -0.2) is 4.68 Å². The third-order valence-electron chi connectivity index (χ3n) is 4.70. The summed E-state index contributed by atoms with van der Waals surface area (Å²) in [6, 6.07) is 13.3. The van der Waals surface area contributed by atoms with E-state index in [1.165, 1.54) is 4.68 Å². The van der Waals surface area contributed by atoms with Gasteiger partial charge in [-0.1, -0.05) is 23.4 Å². The molecule has 2 N–H and O–H groups in total. The average Bonchev–Trinajstić information content (AvgIpc) is 3.06. The largest absolute Gasteiger partial charge is 0.324 e. The van der Waals surface area contributed by atoms with Gasteiger partial charge >= 0.3 is 0 Å². The summed E-state index contributed by atoms with van der Waals surface area (Å²) in [6.45, 7) is 5.63. The summed E-state index contributed by atoms with van der Waals surface area (Å²) in [7, 11) is 0. The number of hydrogen-bond donors (Lipinski definition) is 2. The molecule has 1 aromatic heterocycles. The summed E-state index contributed by atoms with van der Waals surface area (Å²) < 4.78 is 1.42. The average molecular weight is 410 g/mol. The number of aromatic nitrogens is 3. The molecule has 0 spiro atoms. The minimum Gasteiger partial charge on any atom is -0.324 e. The Morgan fingerprint density at radius 3 is 2.59 bits per heavy atom. The van der Waals surface area contributed by atoms with E-state index < -0.39 is 0 Å². The molecule has 3 aromatic rings. The summed E-state index contributed by atoms with van der Waals surface area (Å²) in [5, 5.41) is 13.7. The van der Waals surface area contributed by atoms with Gasteiger partial charge in [-0.15, -0.1) is 16.9 Å². The van der Waals surface area contributed by atoms with Crippen LogP contribution in [0.2, 0.25) is 0 Å². The minimum absolute atomic E-state index is 0.0287. The van der Waals surface area contributed by atoms with E-state index in [9.17, 15) is 9.59 Å². The van der Waals surface area contributed by atoms with E-state index >= 15 is 0 Å². The van der Waals surface area contributed by atoms with Gasteiger partial charge in [-0.05, 0) is 62.4 Å². The van der Waals surface area contributed by atoms with Crippen molar-refractivity contribution >= 4 is 35.0 Å². The number of nitrogens with one attached hydrogen (secondary N) is 2. The molecule has 1 heterocycles. The number of amides is 2. The molecule has 0 unspecified atom stereocenters. The molecular formula is C21H23N5O2S. The van der Waals surface area contributed by atoms with Crippen molar-refractivity contribution in [2.75, 3.05) is 16.9 Å². The number of aryl methyl sites for hydroxylation is 1. The topological polar surface area (TPSA) is 88.9 Å². The van der Waals surface area contributed by atoms with Crippen LogP contribution in [0.5, 0.6) is 0 Å². The third-order valence-corrected chi connectivity index (χ3v) is 5.42. The van der Waals surface area contributed by atoms with Crippen molar-refractivity contribution in [2.45, 2.75) is 32.2 Å². The summed E-state index contributed by atoms with van der Waals surface area (Å²) in [5.74, 6) is -0.590. The summed E-state index contributed by atoms with van der Waals surface area (Å²) in [5.41, 5.74) is 4.26. The number of thioether (sulfide) groups is 1. The van der Waals surface area contributed by atoms with Crippen LogP contribution in [0.3, 0.4) is 0 Å². The Morgan fingerprint density at radius 1 is 1.07 bits per heavy atom. The number of carbonyl (C=O) groups excluding carboxylic acids is 2. The first-order valence-corrected chi connectivity index (χ1v) is 10.3. The predicted molar refractivity (Wildman–Crippen MR) is 115 cm³/mol. The highest BCUT2D eigenvalue weighted by Crippen LogP contribution is 2.20. The van der Waals surface area contributed by atoms with E-state index in [4.69, 9.17) is 0 Å². The lowest BCUT2D eigenvalue weighted by Crippen LogP contribution is -2.21. The minimum atomic E-state index is -0.351. The van der Waals surface area contributed by atoms with Crippen molar-refractivity contribution < 1.29 is 9.59 Å². The number of hydrogen-bond acceptors (Lipinski definition) is 5. The van der Waals surface area contributed by atoms with Gasteiger partial charge in [0.05, 0.1) is 5.69 Å². The number of rotatable bonds is 6. The van der Waals surface area contributed by atoms with Crippen LogP contribution in [-0.2, 0) is 11.3 Å². The fraction of sp³-hybridized carbons (Fsp3) is 0.238. The van der Waals surface area contributed by atoms with Crippen molar-refractivity contribution in [1.82, 2.24) is 15.0 Å². The highest BCUT2D eigenvalue weighted by molar-refractivity contribution is 7.98. The number of anilines is 2. The molecule has 29 heavy (non-hydrogen) atoms. The molecule has 0 atom stereocenters. The number of benzene rings is 2. The van der Waals surface area contributed by atoms with Crippen LogP contribution in [0.4, 0.5) is 11.4 Å². The second-order valence-corrected chi connectivity index (χ2v) is 7.54. The highest BCUT2D eigenvalue weighted by atomic mass is 32.2. The fourth-order valence-electron chi connectivity index (χ4n) is 2.83. The Morgan fingerprint density at radius 2 is 1.83 bits per heavy atom. The molecule has 0 radical (unpaired) electrons. The van der Waals surface area contributed by atoms with Crippen LogP contribution in [0.15, 0.2) is 47.4 Å². The molecule has 0 aliphatic heterocycles. The Hall–Kier alpha value is -3.13. The molecule has 0 saturated carbocycles. The van der Waals surface area contributed by atoms with Crippen LogP contribution < -0.4 is 10.6 Å². The van der Waals surface area contributed by atoms with Crippen LogP contribution in [0, 0.1) is 20.8 Å². The van der Waals surface area contributed by atoms with Crippen LogP contribution in [0.1, 0.15) is 27.3 Å². The third kappa shape index (κ3) is 4.83. The summed E-state index contributed by atoms with van der Waals surface area (Å²) in [4.78, 5) is 26.1. The molecule has 0 aliphatic rings. The molecule has 8 heteroatoms. The second-order valence-electron chi connectivity index (χ2n) is 6.66. The first-order chi connectivity index (χ1) is 13.9. The molecule has 0 aliphatic carbocycles. The van der Waals surface area contributed by atoms with E-state index in [1.54, 1.807) is 18.7 Å². The maximum Gasteiger partial charge on any atom is 0.278 e. The maximum atomic E-state index is 12.6. The van der Waals surface area contributed by atoms with Gasteiger partial charge in [0.25, 0.3) is 5.91 Å². The van der Waals surface area contributed by atoms with Gasteiger partial charge in [-0.3, -0.25) is 9.59 Å². The number of nitrogens with zero attached hydrogens (tertiary/aromatic N) is 3. The molecule has 0 fully saturated rings. The molecule has 2 amide bonds. The van der Waals surface area contributed by atoms with E-state index in [-0.39, 0.29) is 24.1 Å². The van der Waals surface area contributed by atoms with E-state index in [1.807, 2.05) is 62.6 Å². The lowest BCUT2D eigenvalue weighted by molar-refractivity contribution is -0.117. The van der Waals surface area contributed by atoms with E-state index in [0.717, 1.165) is 21.7 Å². The Balaban J connectivity index is 1.69. The maximum absolute atomic E-state index is 12.6. The first-order valence-electron chi connectivity index (χ1n) is 9.10. The van der Waals surface area contributed by atoms with Crippen molar-refractivity contribution in [1.29, 1.82) is 0 Å².